The van der Waals surface area contributed by atoms with Crippen molar-refractivity contribution in [1.82, 2.24) is 10.2 Å². The van der Waals surface area contributed by atoms with Gasteiger partial charge in [0.15, 0.2) is 0 Å². The van der Waals surface area contributed by atoms with Crippen LogP contribution in [0.5, 0.6) is 0 Å². The van der Waals surface area contributed by atoms with E-state index in [1.54, 1.807) is 25.9 Å². The highest BCUT2D eigenvalue weighted by Crippen LogP contribution is 2.61. The molecule has 1 aromatic carbocycles. The number of aliphatic hydroxyl groups is 1. The number of fused-ring (bicyclic) bond motifs is 2. The average molecular weight is 660 g/mol. The third-order valence-corrected chi connectivity index (χ3v) is 12.5. The molecule has 0 aliphatic heterocycles. The van der Waals surface area contributed by atoms with Gasteiger partial charge >= 0.3 is 5.97 Å². The number of carbonyl (C=O) groups excluding carboxylic acids is 3. The first-order valence-corrected chi connectivity index (χ1v) is 18.3. The number of Topliss-reactive ketones (excluding diaryl/α,β-unsaturated/α-hetero) is 1. The van der Waals surface area contributed by atoms with E-state index in [-0.39, 0.29) is 46.3 Å². The summed E-state index contributed by atoms with van der Waals surface area (Å²) in [4.78, 5) is 40.3. The van der Waals surface area contributed by atoms with Crippen molar-refractivity contribution in [2.24, 2.45) is 33.8 Å². The molecule has 9 heteroatoms. The summed E-state index contributed by atoms with van der Waals surface area (Å²) >= 11 is 1.47. The van der Waals surface area contributed by atoms with Crippen LogP contribution >= 0.6 is 11.8 Å². The number of benzene rings is 1. The van der Waals surface area contributed by atoms with Gasteiger partial charge in [-0.2, -0.15) is 0 Å². The van der Waals surface area contributed by atoms with Gasteiger partial charge in [-0.3, -0.25) is 9.59 Å². The number of aliphatic hydroxyl groups excluding tert-OH is 1. The maximum atomic E-state index is 13.5. The molecule has 0 unspecified atom stereocenters. The van der Waals surface area contributed by atoms with Crippen LogP contribution in [-0.4, -0.2) is 72.8 Å². The number of ketones is 1. The largest absolute Gasteiger partial charge is 0.461 e. The predicted octanol–water partition coefficient (Wildman–Crippen LogP) is 5.98. The summed E-state index contributed by atoms with van der Waals surface area (Å²) in [5, 5.41) is 15.8. The molecule has 8 nitrogen and oxygen atoms in total. The van der Waals surface area contributed by atoms with Crippen LogP contribution in [0.3, 0.4) is 0 Å². The van der Waals surface area contributed by atoms with Crippen LogP contribution < -0.4 is 11.1 Å². The number of nitrogens with two attached hydrogens (primary N) is 1. The summed E-state index contributed by atoms with van der Waals surface area (Å²) in [7, 11) is 3.58. The van der Waals surface area contributed by atoms with Crippen molar-refractivity contribution in [2.75, 3.05) is 32.9 Å². The molecule has 0 saturated heterocycles. The van der Waals surface area contributed by atoms with E-state index >= 15 is 0 Å². The normalized spacial score (nSPS) is 31.1. The van der Waals surface area contributed by atoms with Crippen molar-refractivity contribution >= 4 is 29.4 Å². The van der Waals surface area contributed by atoms with E-state index in [2.05, 4.69) is 33.0 Å². The van der Waals surface area contributed by atoms with Crippen molar-refractivity contribution in [3.8, 4) is 0 Å². The van der Waals surface area contributed by atoms with Gasteiger partial charge in [0.05, 0.1) is 11.9 Å². The Morgan fingerprint density at radius 3 is 2.41 bits per heavy atom. The minimum Gasteiger partial charge on any atom is -0.461 e. The molecular weight excluding hydrogens is 598 g/mol. The van der Waals surface area contributed by atoms with Gasteiger partial charge < -0.3 is 30.6 Å². The molecule has 1 amide bonds. The van der Waals surface area contributed by atoms with Crippen LogP contribution in [0.2, 0.25) is 0 Å². The molecule has 0 spiro atoms. The minimum absolute atomic E-state index is 0.00813. The number of rotatable bonds is 16. The fraction of sp³-hybridized carbons (Fsp3) is 0.757. The second kappa shape index (κ2) is 16.9. The van der Waals surface area contributed by atoms with Gasteiger partial charge in [0, 0.05) is 55.8 Å². The van der Waals surface area contributed by atoms with Crippen molar-refractivity contribution in [3.05, 3.63) is 29.8 Å². The molecule has 2 bridgehead atoms. The van der Waals surface area contributed by atoms with E-state index in [0.29, 0.717) is 38.3 Å². The summed E-state index contributed by atoms with van der Waals surface area (Å²) in [6.07, 6.45) is 6.90. The molecule has 1 aromatic rings. The molecule has 2 saturated carbocycles. The lowest BCUT2D eigenvalue weighted by molar-refractivity contribution is -0.192. The van der Waals surface area contributed by atoms with Crippen LogP contribution in [0, 0.1) is 28.1 Å². The summed E-state index contributed by atoms with van der Waals surface area (Å²) < 4.78 is 6.48. The van der Waals surface area contributed by atoms with E-state index < -0.39 is 11.5 Å². The molecule has 0 aromatic heterocycles. The van der Waals surface area contributed by atoms with Gasteiger partial charge in [0.2, 0.25) is 5.91 Å². The van der Waals surface area contributed by atoms with Gasteiger partial charge in [0.25, 0.3) is 0 Å². The molecule has 3 rings (SSSR count). The number of nitrogens with one attached hydrogen (secondary N) is 1. The van der Waals surface area contributed by atoms with Crippen LogP contribution in [0.1, 0.15) is 104 Å². The second-order valence-electron chi connectivity index (χ2n) is 15.2. The Labute approximate surface area is 282 Å². The zero-order valence-electron chi connectivity index (χ0n) is 29.5. The minimum atomic E-state index is -0.626. The summed E-state index contributed by atoms with van der Waals surface area (Å²) in [5.41, 5.74) is 5.75. The molecule has 4 N–H and O–H groups in total. The third kappa shape index (κ3) is 9.80. The SMILES string of the molecule is CC(=O)CC[C@]12CC[C@@H](C)[C@](C)(C1)[C@H](OC(=O)CSc1ccc(CN)cc1)C[C@](C)(CNCCCCCC(=O)N(C)C)[C@@H](O)[C@@H]2C. The first kappa shape index (κ1) is 38.5. The lowest BCUT2D eigenvalue weighted by Crippen LogP contribution is -2.60. The quantitative estimate of drug-likeness (QED) is 0.113. The molecule has 0 radical (unpaired) electrons. The Balaban J connectivity index is 1.80. The maximum absolute atomic E-state index is 13.5. The highest BCUT2D eigenvalue weighted by atomic mass is 32.2. The van der Waals surface area contributed by atoms with Gasteiger partial charge in [0.1, 0.15) is 11.9 Å². The number of unbranched alkanes of at least 4 members (excludes halogenated alkanes) is 2. The van der Waals surface area contributed by atoms with Crippen molar-refractivity contribution in [2.45, 2.75) is 122 Å². The van der Waals surface area contributed by atoms with Gasteiger partial charge in [-0.05, 0) is 93.4 Å². The number of ether oxygens (including phenoxy) is 1. The van der Waals surface area contributed by atoms with Gasteiger partial charge in [-0.1, -0.05) is 46.2 Å². The van der Waals surface area contributed by atoms with E-state index in [1.165, 1.54) is 11.8 Å². The van der Waals surface area contributed by atoms with Crippen molar-refractivity contribution < 1.29 is 24.2 Å². The van der Waals surface area contributed by atoms with E-state index in [1.807, 2.05) is 24.3 Å². The smallest absolute Gasteiger partial charge is 0.316 e. The molecule has 260 valence electrons. The van der Waals surface area contributed by atoms with Crippen LogP contribution in [0.15, 0.2) is 29.2 Å². The standard InChI is InChI=1S/C37H61N3O5S/c1-26-16-18-37(19-17-27(2)41)24-36(26,5)31(45-33(43)23-46-30-14-12-29(22-38)13-15-30)21-35(4,34(44)28(37)3)25-39-20-10-8-9-11-32(42)40(6)7/h12-15,26,28,31,34,39,44H,8-11,16-25,38H2,1-7H3/t26-,28+,31-,34+,35-,36+,37-/m1/s1. The van der Waals surface area contributed by atoms with Gasteiger partial charge in [-0.15, -0.1) is 11.8 Å². The number of carbonyl (C=O) groups is 3. The monoisotopic (exact) mass is 659 g/mol. The lowest BCUT2D eigenvalue weighted by atomic mass is 9.47. The summed E-state index contributed by atoms with van der Waals surface area (Å²) in [6.45, 7) is 12.4. The second-order valence-corrected chi connectivity index (χ2v) is 16.2. The third-order valence-electron chi connectivity index (χ3n) is 11.5. The Kier molecular flexibility index (Phi) is 14.2. The van der Waals surface area contributed by atoms with Crippen molar-refractivity contribution in [1.29, 1.82) is 0 Å². The number of nitrogens with zero attached hydrogens (tertiary/aromatic N) is 1. The average Bonchev–Trinajstić information content (AvgIpc) is 3.02. The highest BCUT2D eigenvalue weighted by molar-refractivity contribution is 8.00. The topological polar surface area (TPSA) is 122 Å². The number of amides is 1. The summed E-state index contributed by atoms with van der Waals surface area (Å²) in [6, 6.07) is 7.95. The Morgan fingerprint density at radius 2 is 1.78 bits per heavy atom. The lowest BCUT2D eigenvalue weighted by Gasteiger charge is -2.60. The predicted molar refractivity (Wildman–Crippen MR) is 186 cm³/mol. The maximum Gasteiger partial charge on any atom is 0.316 e. The van der Waals surface area contributed by atoms with Crippen molar-refractivity contribution in [3.63, 3.8) is 0 Å². The van der Waals surface area contributed by atoms with Crippen LogP contribution in [0.25, 0.3) is 0 Å². The Bertz CT molecular complexity index is 1160. The first-order valence-electron chi connectivity index (χ1n) is 17.4. The molecule has 2 aliphatic rings. The van der Waals surface area contributed by atoms with E-state index in [0.717, 1.165) is 61.9 Å². The van der Waals surface area contributed by atoms with Gasteiger partial charge in [-0.25, -0.2) is 0 Å². The number of thioether (sulfide) groups is 1. The zero-order valence-corrected chi connectivity index (χ0v) is 30.3. The van der Waals surface area contributed by atoms with Crippen LogP contribution in [0.4, 0.5) is 0 Å². The highest BCUT2D eigenvalue weighted by Gasteiger charge is 2.59. The van der Waals surface area contributed by atoms with E-state index in [9.17, 15) is 19.5 Å². The molecule has 46 heavy (non-hydrogen) atoms. The Hall–Kier alpha value is -1.94. The first-order chi connectivity index (χ1) is 21.7. The summed E-state index contributed by atoms with van der Waals surface area (Å²) in [5.74, 6) is 0.625. The van der Waals surface area contributed by atoms with E-state index in [4.69, 9.17) is 10.5 Å². The molecular formula is C37H61N3O5S. The fourth-order valence-corrected chi connectivity index (χ4v) is 8.65. The molecule has 7 atom stereocenters. The molecule has 2 fully saturated rings. The molecule has 2 aliphatic carbocycles. The fourth-order valence-electron chi connectivity index (χ4n) is 7.97. The number of esters is 1. The Morgan fingerprint density at radius 1 is 1.09 bits per heavy atom. The number of hydrogen-bond acceptors (Lipinski definition) is 8. The molecule has 0 heterocycles. The number of hydrogen-bond donors (Lipinski definition) is 3. The van der Waals surface area contributed by atoms with Crippen LogP contribution in [-0.2, 0) is 25.7 Å². The zero-order chi connectivity index (χ0) is 34.1.